The molecule has 124 valence electrons. The van der Waals surface area contributed by atoms with E-state index in [1.54, 1.807) is 6.20 Å². The Balaban J connectivity index is 1.71. The van der Waals surface area contributed by atoms with E-state index in [4.69, 9.17) is 18.0 Å². The van der Waals surface area contributed by atoms with Crippen LogP contribution in [-0.4, -0.2) is 39.5 Å². The highest BCUT2D eigenvalue weighted by atomic mass is 35.5. The third-order valence-electron chi connectivity index (χ3n) is 4.21. The summed E-state index contributed by atoms with van der Waals surface area (Å²) in [4.78, 5) is 18.8. The van der Waals surface area contributed by atoms with E-state index in [1.807, 2.05) is 39.9 Å². The van der Waals surface area contributed by atoms with Crippen LogP contribution >= 0.6 is 11.6 Å². The maximum Gasteiger partial charge on any atom is 0.244 e. The van der Waals surface area contributed by atoms with E-state index in [-0.39, 0.29) is 11.9 Å². The topological polar surface area (TPSA) is 50.2 Å². The second kappa shape index (κ2) is 7.52. The van der Waals surface area contributed by atoms with Crippen LogP contribution in [0.5, 0.6) is 0 Å². The van der Waals surface area contributed by atoms with Gasteiger partial charge in [0.1, 0.15) is 0 Å². The number of aromatic nitrogens is 2. The number of terminal acetylenes is 1. The van der Waals surface area contributed by atoms with Crippen molar-refractivity contribution in [2.45, 2.75) is 25.4 Å². The van der Waals surface area contributed by atoms with Crippen molar-refractivity contribution in [3.63, 3.8) is 0 Å². The number of benzene rings is 1. The molecule has 0 unspecified atom stereocenters. The van der Waals surface area contributed by atoms with Crippen LogP contribution in [-0.2, 0) is 11.3 Å². The van der Waals surface area contributed by atoms with Gasteiger partial charge in [-0.3, -0.25) is 15.0 Å². The highest BCUT2D eigenvalue weighted by Gasteiger charge is 2.30. The fourth-order valence-electron chi connectivity index (χ4n) is 2.99. The Bertz CT molecular complexity index is 764. The third-order valence-corrected chi connectivity index (χ3v) is 4.58. The third kappa shape index (κ3) is 3.61. The fraction of sp³-hybridized carbons (Fsp3) is 0.333. The molecular weight excluding hydrogens is 324 g/mol. The van der Waals surface area contributed by atoms with E-state index in [9.17, 15) is 4.79 Å². The maximum absolute atomic E-state index is 12.6. The van der Waals surface area contributed by atoms with Gasteiger partial charge in [-0.25, -0.2) is 4.98 Å². The summed E-state index contributed by atoms with van der Waals surface area (Å²) >= 11 is 6.21. The minimum Gasteiger partial charge on any atom is -0.313 e. The predicted octanol–water partition coefficient (Wildman–Crippen LogP) is 2.62. The van der Waals surface area contributed by atoms with Crippen molar-refractivity contribution in [3.8, 4) is 12.3 Å². The molecule has 24 heavy (non-hydrogen) atoms. The van der Waals surface area contributed by atoms with E-state index in [2.05, 4.69) is 16.2 Å². The number of likely N-dealkylation sites (tertiary alicyclic amines) is 1. The molecule has 1 aromatic carbocycles. The van der Waals surface area contributed by atoms with E-state index >= 15 is 0 Å². The molecule has 6 heteroatoms. The number of halogens is 1. The lowest BCUT2D eigenvalue weighted by Crippen LogP contribution is -2.40. The van der Waals surface area contributed by atoms with Gasteiger partial charge in [0.05, 0.1) is 19.1 Å². The maximum atomic E-state index is 12.6. The molecule has 0 saturated carbocycles. The molecule has 1 atom stereocenters. The van der Waals surface area contributed by atoms with Crippen molar-refractivity contribution in [2.75, 3.05) is 18.4 Å². The molecule has 2 aromatic rings. The normalized spacial score (nSPS) is 17.6. The molecule has 0 bridgehead atoms. The SMILES string of the molecule is C#CCN1CCC[C@H]1C(=O)Nc1nccn1Cc1ccccc1Cl. The lowest BCUT2D eigenvalue weighted by atomic mass is 10.2. The molecule has 3 rings (SSSR count). The molecule has 2 heterocycles. The average molecular weight is 343 g/mol. The average Bonchev–Trinajstić information content (AvgIpc) is 3.20. The summed E-state index contributed by atoms with van der Waals surface area (Å²) < 4.78 is 1.87. The minimum atomic E-state index is -0.188. The highest BCUT2D eigenvalue weighted by molar-refractivity contribution is 6.31. The van der Waals surface area contributed by atoms with Crippen LogP contribution in [0.25, 0.3) is 0 Å². The second-order valence-corrected chi connectivity index (χ2v) is 6.20. The van der Waals surface area contributed by atoms with Gasteiger partial charge in [0.25, 0.3) is 0 Å². The molecule has 1 N–H and O–H groups in total. The molecular formula is C18H19ClN4O. The zero-order valence-corrected chi connectivity index (χ0v) is 14.0. The molecule has 1 aliphatic heterocycles. The first-order chi connectivity index (χ1) is 11.7. The molecule has 1 aromatic heterocycles. The van der Waals surface area contributed by atoms with E-state index in [0.29, 0.717) is 24.1 Å². The van der Waals surface area contributed by atoms with Gasteiger partial charge in [-0.15, -0.1) is 6.42 Å². The number of nitrogens with one attached hydrogen (secondary N) is 1. The number of rotatable bonds is 5. The first-order valence-corrected chi connectivity index (χ1v) is 8.29. The number of hydrogen-bond donors (Lipinski definition) is 1. The van der Waals surface area contributed by atoms with Crippen LogP contribution < -0.4 is 5.32 Å². The Morgan fingerprint density at radius 3 is 3.08 bits per heavy atom. The van der Waals surface area contributed by atoms with E-state index in [1.165, 1.54) is 0 Å². The van der Waals surface area contributed by atoms with Gasteiger partial charge in [-0.1, -0.05) is 35.7 Å². The zero-order valence-electron chi connectivity index (χ0n) is 13.3. The van der Waals surface area contributed by atoms with Gasteiger partial charge in [-0.05, 0) is 31.0 Å². The van der Waals surface area contributed by atoms with Gasteiger partial charge in [-0.2, -0.15) is 0 Å². The standard InChI is InChI=1S/C18H19ClN4O/c1-2-10-22-11-5-8-16(22)17(24)21-18-20-9-12-23(18)13-14-6-3-4-7-15(14)19/h1,3-4,6-7,9,12,16H,5,8,10-11,13H2,(H,20,21,24)/t16-/m0/s1. The van der Waals surface area contributed by atoms with Gasteiger partial charge < -0.3 is 4.57 Å². The largest absolute Gasteiger partial charge is 0.313 e. The van der Waals surface area contributed by atoms with Gasteiger partial charge in [0.15, 0.2) is 0 Å². The summed E-state index contributed by atoms with van der Waals surface area (Å²) in [6, 6.07) is 7.45. The van der Waals surface area contributed by atoms with Crippen LogP contribution in [0.1, 0.15) is 18.4 Å². The number of anilines is 1. The number of nitrogens with zero attached hydrogens (tertiary/aromatic N) is 3. The summed E-state index contributed by atoms with van der Waals surface area (Å²) in [5, 5.41) is 3.61. The van der Waals surface area contributed by atoms with E-state index in [0.717, 1.165) is 24.9 Å². The molecule has 0 aliphatic carbocycles. The second-order valence-electron chi connectivity index (χ2n) is 5.79. The van der Waals surface area contributed by atoms with Crippen molar-refractivity contribution >= 4 is 23.5 Å². The van der Waals surface area contributed by atoms with Crippen LogP contribution in [0.3, 0.4) is 0 Å². The minimum absolute atomic E-state index is 0.0608. The van der Waals surface area contributed by atoms with Crippen LogP contribution in [0, 0.1) is 12.3 Å². The number of carbonyl (C=O) groups is 1. The van der Waals surface area contributed by atoms with E-state index < -0.39 is 0 Å². The van der Waals surface area contributed by atoms with Crippen LogP contribution in [0.2, 0.25) is 5.02 Å². The molecule has 0 spiro atoms. The molecule has 5 nitrogen and oxygen atoms in total. The number of imidazole rings is 1. The summed E-state index contributed by atoms with van der Waals surface area (Å²) in [7, 11) is 0. The van der Waals surface area contributed by atoms with Crippen molar-refractivity contribution < 1.29 is 4.79 Å². The van der Waals surface area contributed by atoms with Crippen molar-refractivity contribution in [1.29, 1.82) is 0 Å². The Kier molecular flexibility index (Phi) is 5.19. The van der Waals surface area contributed by atoms with Gasteiger partial charge in [0.2, 0.25) is 11.9 Å². The monoisotopic (exact) mass is 342 g/mol. The van der Waals surface area contributed by atoms with Crippen molar-refractivity contribution in [2.24, 2.45) is 0 Å². The first kappa shape index (κ1) is 16.6. The summed E-state index contributed by atoms with van der Waals surface area (Å²) in [6.45, 7) is 1.90. The predicted molar refractivity (Wildman–Crippen MR) is 94.8 cm³/mol. The lowest BCUT2D eigenvalue weighted by Gasteiger charge is -2.21. The highest BCUT2D eigenvalue weighted by Crippen LogP contribution is 2.20. The number of hydrogen-bond acceptors (Lipinski definition) is 3. The number of amides is 1. The lowest BCUT2D eigenvalue weighted by molar-refractivity contribution is -0.120. The Morgan fingerprint density at radius 2 is 2.29 bits per heavy atom. The Morgan fingerprint density at radius 1 is 1.46 bits per heavy atom. The smallest absolute Gasteiger partial charge is 0.244 e. The van der Waals surface area contributed by atoms with Crippen LogP contribution in [0.4, 0.5) is 5.95 Å². The van der Waals surface area contributed by atoms with Gasteiger partial charge in [0, 0.05) is 17.4 Å². The van der Waals surface area contributed by atoms with Crippen LogP contribution in [0.15, 0.2) is 36.7 Å². The molecule has 1 amide bonds. The van der Waals surface area contributed by atoms with Crippen molar-refractivity contribution in [3.05, 3.63) is 47.2 Å². The molecule has 1 saturated heterocycles. The summed E-state index contributed by atoms with van der Waals surface area (Å²) in [5.41, 5.74) is 0.975. The summed E-state index contributed by atoms with van der Waals surface area (Å²) in [5.74, 6) is 3.07. The zero-order chi connectivity index (χ0) is 16.9. The molecule has 0 radical (unpaired) electrons. The van der Waals surface area contributed by atoms with Crippen molar-refractivity contribution in [1.82, 2.24) is 14.5 Å². The Hall–Kier alpha value is -2.29. The molecule has 1 fully saturated rings. The number of carbonyl (C=O) groups excluding carboxylic acids is 1. The Labute approximate surface area is 146 Å². The first-order valence-electron chi connectivity index (χ1n) is 7.92. The molecule has 1 aliphatic rings. The summed E-state index contributed by atoms with van der Waals surface area (Å²) in [6.07, 6.45) is 10.7. The fourth-order valence-corrected chi connectivity index (χ4v) is 3.19. The quantitative estimate of drug-likeness (QED) is 0.850. The van der Waals surface area contributed by atoms with Gasteiger partial charge >= 0.3 is 0 Å².